The van der Waals surface area contributed by atoms with Gasteiger partial charge in [-0.3, -0.25) is 9.59 Å². The molecule has 192 valence electrons. The molecule has 0 radical (unpaired) electrons. The fourth-order valence-electron chi connectivity index (χ4n) is 4.50. The van der Waals surface area contributed by atoms with Gasteiger partial charge in [0, 0.05) is 22.5 Å². The van der Waals surface area contributed by atoms with Gasteiger partial charge >= 0.3 is 0 Å². The van der Waals surface area contributed by atoms with Crippen molar-refractivity contribution in [1.82, 2.24) is 9.97 Å². The second kappa shape index (κ2) is 11.0. The Labute approximate surface area is 225 Å². The minimum atomic E-state index is -0.340. The molecule has 0 spiro atoms. The highest BCUT2D eigenvalue weighted by Gasteiger charge is 2.23. The maximum Gasteiger partial charge on any atom is 0.209 e. The first-order valence-electron chi connectivity index (χ1n) is 12.3. The normalized spacial score (nSPS) is 10.7. The maximum atomic E-state index is 13.2. The van der Waals surface area contributed by atoms with E-state index >= 15 is 0 Å². The van der Waals surface area contributed by atoms with Gasteiger partial charge in [-0.2, -0.15) is 5.26 Å². The summed E-state index contributed by atoms with van der Waals surface area (Å²) in [6.45, 7) is 0. The molecule has 5 aromatic rings. The van der Waals surface area contributed by atoms with Crippen LogP contribution in [0.4, 0.5) is 0 Å². The number of carbonyl (C=O) groups is 2. The standard InChI is InChI=1S/C32H25N3O4/c1-38-24-11-7-22(8-12-24)31(36)28-17-15-26(34-28)30(21-5-3-20(19-33)4-6-21)27-16-18-29(35-27)32(37)23-9-13-25(39-2)14-10-23/h3-18,30,34-35H,1-2H3. The Morgan fingerprint density at radius 2 is 1.08 bits per heavy atom. The molecule has 0 unspecified atom stereocenters. The van der Waals surface area contributed by atoms with Crippen molar-refractivity contribution in [2.45, 2.75) is 5.92 Å². The van der Waals surface area contributed by atoms with Gasteiger partial charge in [0.25, 0.3) is 0 Å². The molecule has 0 fully saturated rings. The van der Waals surface area contributed by atoms with E-state index in [1.807, 2.05) is 24.3 Å². The van der Waals surface area contributed by atoms with Crippen molar-refractivity contribution in [3.63, 3.8) is 0 Å². The predicted molar refractivity (Wildman–Crippen MR) is 147 cm³/mol. The van der Waals surface area contributed by atoms with E-state index < -0.39 is 0 Å². The molecule has 0 aliphatic heterocycles. The van der Waals surface area contributed by atoms with E-state index in [0.717, 1.165) is 17.0 Å². The minimum Gasteiger partial charge on any atom is -0.497 e. The van der Waals surface area contributed by atoms with Gasteiger partial charge in [-0.1, -0.05) is 12.1 Å². The number of carbonyl (C=O) groups excluding carboxylic acids is 2. The quantitative estimate of drug-likeness (QED) is 0.239. The minimum absolute atomic E-state index is 0.149. The van der Waals surface area contributed by atoms with Crippen LogP contribution in [0.1, 0.15) is 60.5 Å². The Morgan fingerprint density at radius 1 is 0.641 bits per heavy atom. The molecule has 5 rings (SSSR count). The van der Waals surface area contributed by atoms with Gasteiger partial charge in [-0.05, 0) is 90.5 Å². The number of rotatable bonds is 9. The molecule has 2 N–H and O–H groups in total. The van der Waals surface area contributed by atoms with Crippen LogP contribution in [0.2, 0.25) is 0 Å². The van der Waals surface area contributed by atoms with Crippen molar-refractivity contribution < 1.29 is 19.1 Å². The second-order valence-corrected chi connectivity index (χ2v) is 8.94. The third kappa shape index (κ3) is 5.22. The molecule has 0 amide bonds. The van der Waals surface area contributed by atoms with E-state index in [1.165, 1.54) is 0 Å². The lowest BCUT2D eigenvalue weighted by Gasteiger charge is -2.16. The number of nitrogens with one attached hydrogen (secondary N) is 2. The number of H-pyrrole nitrogens is 2. The zero-order valence-electron chi connectivity index (χ0n) is 21.4. The second-order valence-electron chi connectivity index (χ2n) is 8.94. The van der Waals surface area contributed by atoms with E-state index in [2.05, 4.69) is 16.0 Å². The van der Waals surface area contributed by atoms with Crippen LogP contribution in [0, 0.1) is 11.3 Å². The Bertz CT molecular complexity index is 1560. The molecule has 0 atom stereocenters. The number of aromatic amines is 2. The summed E-state index contributed by atoms with van der Waals surface area (Å²) in [5, 5.41) is 9.26. The lowest BCUT2D eigenvalue weighted by Crippen LogP contribution is -2.08. The SMILES string of the molecule is COc1ccc(C(=O)c2ccc(C(c3ccc(C#N)cc3)c3ccc(C(=O)c4ccc(OC)cc4)[nH]3)[nH]2)cc1. The van der Waals surface area contributed by atoms with Crippen LogP contribution < -0.4 is 9.47 Å². The molecule has 3 aromatic carbocycles. The van der Waals surface area contributed by atoms with Gasteiger partial charge in [-0.15, -0.1) is 0 Å². The number of benzene rings is 3. The first-order valence-corrected chi connectivity index (χ1v) is 12.3. The highest BCUT2D eigenvalue weighted by Crippen LogP contribution is 2.32. The van der Waals surface area contributed by atoms with Gasteiger partial charge in [0.1, 0.15) is 11.5 Å². The summed E-state index contributed by atoms with van der Waals surface area (Å²) >= 11 is 0. The third-order valence-corrected chi connectivity index (χ3v) is 6.61. The fourth-order valence-corrected chi connectivity index (χ4v) is 4.50. The van der Waals surface area contributed by atoms with Crippen LogP contribution in [0.5, 0.6) is 11.5 Å². The first kappa shape index (κ1) is 25.3. The number of hydrogen-bond donors (Lipinski definition) is 2. The van der Waals surface area contributed by atoms with Gasteiger partial charge in [0.05, 0.1) is 43.2 Å². The molecular formula is C32H25N3O4. The monoisotopic (exact) mass is 515 g/mol. The molecule has 2 aromatic heterocycles. The zero-order chi connectivity index (χ0) is 27.4. The summed E-state index contributed by atoms with van der Waals surface area (Å²) in [6, 6.07) is 30.5. The molecule has 0 saturated carbocycles. The van der Waals surface area contributed by atoms with Gasteiger partial charge in [-0.25, -0.2) is 0 Å². The Kier molecular flexibility index (Phi) is 7.11. The highest BCUT2D eigenvalue weighted by atomic mass is 16.5. The van der Waals surface area contributed by atoms with Crippen molar-refractivity contribution >= 4 is 11.6 Å². The van der Waals surface area contributed by atoms with Crippen LogP contribution in [-0.4, -0.2) is 35.8 Å². The van der Waals surface area contributed by atoms with Crippen molar-refractivity contribution in [3.05, 3.63) is 142 Å². The number of nitrogens with zero attached hydrogens (tertiary/aromatic N) is 1. The third-order valence-electron chi connectivity index (χ3n) is 6.61. The van der Waals surface area contributed by atoms with Crippen molar-refractivity contribution in [1.29, 1.82) is 5.26 Å². The number of aromatic nitrogens is 2. The number of hydrogen-bond acceptors (Lipinski definition) is 5. The largest absolute Gasteiger partial charge is 0.497 e. The summed E-state index contributed by atoms with van der Waals surface area (Å²) < 4.78 is 10.4. The van der Waals surface area contributed by atoms with E-state index in [9.17, 15) is 14.9 Å². The molecule has 7 nitrogen and oxygen atoms in total. The lowest BCUT2D eigenvalue weighted by atomic mass is 9.92. The van der Waals surface area contributed by atoms with Crippen LogP contribution in [0.15, 0.2) is 97.1 Å². The molecular weight excluding hydrogens is 490 g/mol. The van der Waals surface area contributed by atoms with Crippen molar-refractivity contribution in [3.8, 4) is 17.6 Å². The Hall–Kier alpha value is -5.35. The lowest BCUT2D eigenvalue weighted by molar-refractivity contribution is 0.102. The maximum absolute atomic E-state index is 13.2. The van der Waals surface area contributed by atoms with E-state index in [-0.39, 0.29) is 17.5 Å². The number of nitriles is 1. The predicted octanol–water partition coefficient (Wildman–Crippen LogP) is 5.87. The van der Waals surface area contributed by atoms with Crippen LogP contribution in [0.3, 0.4) is 0 Å². The summed E-state index contributed by atoms with van der Waals surface area (Å²) in [5.74, 6) is 0.707. The zero-order valence-corrected chi connectivity index (χ0v) is 21.4. The summed E-state index contributed by atoms with van der Waals surface area (Å²) in [6.07, 6.45) is 0. The number of ether oxygens (including phenoxy) is 2. The Morgan fingerprint density at radius 3 is 1.46 bits per heavy atom. The summed E-state index contributed by atoms with van der Waals surface area (Å²) in [4.78, 5) is 32.9. The smallest absolute Gasteiger partial charge is 0.209 e. The average Bonchev–Trinajstić information content (AvgIpc) is 3.68. The van der Waals surface area contributed by atoms with Crippen molar-refractivity contribution in [2.75, 3.05) is 14.2 Å². The molecule has 7 heteroatoms. The first-order chi connectivity index (χ1) is 19.0. The van der Waals surface area contributed by atoms with Crippen LogP contribution in [-0.2, 0) is 0 Å². The average molecular weight is 516 g/mol. The topological polar surface area (TPSA) is 108 Å². The number of ketones is 2. The molecule has 0 aliphatic carbocycles. The van der Waals surface area contributed by atoms with Crippen molar-refractivity contribution in [2.24, 2.45) is 0 Å². The van der Waals surface area contributed by atoms with Crippen LogP contribution >= 0.6 is 0 Å². The van der Waals surface area contributed by atoms with Crippen LogP contribution in [0.25, 0.3) is 0 Å². The fraction of sp³-hybridized carbons (Fsp3) is 0.0938. The van der Waals surface area contributed by atoms with Gasteiger partial charge in [0.15, 0.2) is 0 Å². The highest BCUT2D eigenvalue weighted by molar-refractivity contribution is 6.08. The summed E-state index contributed by atoms with van der Waals surface area (Å²) in [5.41, 5.74) is 4.91. The number of methoxy groups -OCH3 is 2. The molecule has 39 heavy (non-hydrogen) atoms. The summed E-state index contributed by atoms with van der Waals surface area (Å²) in [7, 11) is 3.15. The molecule has 0 aliphatic rings. The van der Waals surface area contributed by atoms with Gasteiger partial charge in [0.2, 0.25) is 11.6 Å². The molecule has 2 heterocycles. The molecule has 0 bridgehead atoms. The van der Waals surface area contributed by atoms with E-state index in [4.69, 9.17) is 9.47 Å². The molecule has 0 saturated heterocycles. The Balaban J connectivity index is 1.49. The van der Waals surface area contributed by atoms with E-state index in [0.29, 0.717) is 39.6 Å². The van der Waals surface area contributed by atoms with Gasteiger partial charge < -0.3 is 19.4 Å². The van der Waals surface area contributed by atoms with E-state index in [1.54, 1.807) is 87.0 Å².